The van der Waals surface area contributed by atoms with Crippen molar-refractivity contribution >= 4 is 33.9 Å². The molecule has 0 radical (unpaired) electrons. The third-order valence-corrected chi connectivity index (χ3v) is 12.3. The molecule has 2 unspecified atom stereocenters. The lowest BCUT2D eigenvalue weighted by atomic mass is 9.86. The third kappa shape index (κ3) is 5.48. The Labute approximate surface area is 290 Å². The summed E-state index contributed by atoms with van der Waals surface area (Å²) in [4.78, 5) is 28.6. The molecule has 5 heterocycles. The molecule has 49 heavy (non-hydrogen) atoms. The molecule has 8 bridgehead atoms. The zero-order chi connectivity index (χ0) is 34.7. The van der Waals surface area contributed by atoms with E-state index in [2.05, 4.69) is 39.1 Å². The van der Waals surface area contributed by atoms with Gasteiger partial charge in [-0.3, -0.25) is 9.00 Å². The van der Waals surface area contributed by atoms with Gasteiger partial charge in [0.2, 0.25) is 0 Å². The molecule has 0 spiro atoms. The van der Waals surface area contributed by atoms with Crippen molar-refractivity contribution in [3.05, 3.63) is 122 Å². The summed E-state index contributed by atoms with van der Waals surface area (Å²) in [7, 11) is 0.104. The summed E-state index contributed by atoms with van der Waals surface area (Å²) >= 11 is 0. The molecule has 6 aliphatic rings. The lowest BCUT2D eigenvalue weighted by molar-refractivity contribution is -0.140. The second-order valence-electron chi connectivity index (χ2n) is 13.4. The first-order chi connectivity index (χ1) is 23.5. The molecule has 1 saturated heterocycles. The first-order valence-corrected chi connectivity index (χ1v) is 18.2. The molecule has 1 fully saturated rings. The summed E-state index contributed by atoms with van der Waals surface area (Å²) in [6.45, 7) is 12.5. The molecule has 7 rings (SSSR count). The van der Waals surface area contributed by atoms with Crippen LogP contribution >= 0.6 is 0 Å². The molecule has 8 nitrogen and oxygen atoms in total. The molecule has 4 atom stereocenters. The number of carbonyl (C=O) groups excluding carboxylic acids is 1. The number of rotatable bonds is 7. The Hall–Kier alpha value is -4.63. The van der Waals surface area contributed by atoms with Crippen LogP contribution in [-0.2, 0) is 20.3 Å². The van der Waals surface area contributed by atoms with E-state index < -0.39 is 10.8 Å². The van der Waals surface area contributed by atoms with E-state index in [4.69, 9.17) is 19.7 Å². The number of carbonyl (C=O) groups is 1. The Kier molecular flexibility index (Phi) is 8.51. The largest absolute Gasteiger partial charge is 0.511 e. The summed E-state index contributed by atoms with van der Waals surface area (Å²) < 4.78 is 19.0. The number of hydrogen-bond donors (Lipinski definition) is 2. The third-order valence-electron chi connectivity index (χ3n) is 10.7. The van der Waals surface area contributed by atoms with E-state index in [1.165, 1.54) is 7.11 Å². The first kappa shape index (κ1) is 32.9. The van der Waals surface area contributed by atoms with Crippen LogP contribution < -0.4 is 5.32 Å². The zero-order valence-corrected chi connectivity index (χ0v) is 29.9. The van der Waals surface area contributed by atoms with Crippen molar-refractivity contribution in [1.29, 1.82) is 0 Å². The summed E-state index contributed by atoms with van der Waals surface area (Å²) in [6.07, 6.45) is 8.19. The van der Waals surface area contributed by atoms with Crippen molar-refractivity contribution in [2.45, 2.75) is 77.4 Å². The van der Waals surface area contributed by atoms with Gasteiger partial charge in [-0.15, -0.1) is 0 Å². The van der Waals surface area contributed by atoms with Crippen LogP contribution in [0.4, 0.5) is 0 Å². The standard InChI is InChI=1S/C40H42N4O4S/c1-8-26-20(2)29-19-34-37(24(6)49(47)25-12-10-9-11-13-25)22(4)31(42-34)17-30-21(3)27(14-15-36(46)48-7)39(43-30)28-16-35(45)38-23(5)32(44-40(28)38)18-33(26)41-29/h9-13,17-19,21,24,27,43,45H,8,14-16H2,1-7H3/t21-,24?,27-,49?/m0/s1. The van der Waals surface area contributed by atoms with Crippen LogP contribution in [0.25, 0.3) is 0 Å². The van der Waals surface area contributed by atoms with Gasteiger partial charge in [-0.05, 0) is 98.8 Å². The Balaban J connectivity index is 1.44. The van der Waals surface area contributed by atoms with E-state index in [-0.39, 0.29) is 29.5 Å². The Morgan fingerprint density at radius 1 is 1.02 bits per heavy atom. The van der Waals surface area contributed by atoms with Crippen molar-refractivity contribution in [3.63, 3.8) is 0 Å². The second-order valence-corrected chi connectivity index (χ2v) is 15.2. The number of hydrogen-bond acceptors (Lipinski definition) is 8. The molecule has 252 valence electrons. The monoisotopic (exact) mass is 674 g/mol. The maximum Gasteiger partial charge on any atom is 0.305 e. The number of allylic oxidation sites excluding steroid dienone is 12. The average molecular weight is 675 g/mol. The van der Waals surface area contributed by atoms with Crippen LogP contribution in [0.15, 0.2) is 142 Å². The number of aliphatic hydroxyl groups is 1. The molecule has 1 aromatic rings. The molecular weight excluding hydrogens is 633 g/mol. The maximum atomic E-state index is 14.0. The van der Waals surface area contributed by atoms with Gasteiger partial charge in [-0.1, -0.05) is 32.0 Å². The lowest BCUT2D eigenvalue weighted by Crippen LogP contribution is -2.16. The number of aliphatic imine (C=N–C) groups is 3. The number of aliphatic hydroxyl groups excluding tert-OH is 1. The molecule has 1 aliphatic carbocycles. The normalized spacial score (nSPS) is 24.1. The molecule has 2 N–H and O–H groups in total. The Bertz CT molecular complexity index is 2080. The SMILES string of the molecule is CCC1=C(C)C2=NC1=CC1=C(C)C3=C(O)CC(=C4NC(=CC5=NC(=C2)C(C(C)S(=O)c2ccccc2)=C5C)[C@@H](C)[C@@H]4CCC(=O)OC)C3=N1. The van der Waals surface area contributed by atoms with Crippen molar-refractivity contribution in [2.75, 3.05) is 7.11 Å². The van der Waals surface area contributed by atoms with Gasteiger partial charge in [0.25, 0.3) is 0 Å². The highest BCUT2D eigenvalue weighted by Crippen LogP contribution is 2.46. The van der Waals surface area contributed by atoms with Gasteiger partial charge in [0.15, 0.2) is 0 Å². The Morgan fingerprint density at radius 3 is 2.45 bits per heavy atom. The number of methoxy groups -OCH3 is 1. The van der Waals surface area contributed by atoms with Gasteiger partial charge >= 0.3 is 5.97 Å². The molecule has 0 aromatic heterocycles. The van der Waals surface area contributed by atoms with Crippen molar-refractivity contribution in [1.82, 2.24) is 5.32 Å². The zero-order valence-electron chi connectivity index (χ0n) is 29.1. The van der Waals surface area contributed by atoms with Gasteiger partial charge < -0.3 is 15.2 Å². The number of benzene rings is 1. The second kappa shape index (κ2) is 12.7. The molecule has 9 heteroatoms. The van der Waals surface area contributed by atoms with Crippen LogP contribution in [0.2, 0.25) is 0 Å². The molecule has 0 amide bonds. The van der Waals surface area contributed by atoms with E-state index in [9.17, 15) is 14.1 Å². The number of ether oxygens (including phenoxy) is 1. The van der Waals surface area contributed by atoms with Crippen LogP contribution in [0.3, 0.4) is 0 Å². The fourth-order valence-corrected chi connectivity index (χ4v) is 9.22. The fourth-order valence-electron chi connectivity index (χ4n) is 7.88. The predicted molar refractivity (Wildman–Crippen MR) is 196 cm³/mol. The molecule has 5 aliphatic heterocycles. The first-order valence-electron chi connectivity index (χ1n) is 17.0. The maximum absolute atomic E-state index is 14.0. The van der Waals surface area contributed by atoms with Gasteiger partial charge in [-0.2, -0.15) is 0 Å². The van der Waals surface area contributed by atoms with Crippen LogP contribution in [0.5, 0.6) is 0 Å². The van der Waals surface area contributed by atoms with E-state index in [0.29, 0.717) is 18.6 Å². The number of fused-ring (bicyclic) bond motifs is 5. The van der Waals surface area contributed by atoms with Crippen molar-refractivity contribution in [2.24, 2.45) is 26.8 Å². The summed E-state index contributed by atoms with van der Waals surface area (Å²) in [5, 5.41) is 14.7. The van der Waals surface area contributed by atoms with E-state index in [1.807, 2.05) is 56.3 Å². The van der Waals surface area contributed by atoms with E-state index in [1.54, 1.807) is 0 Å². The van der Waals surface area contributed by atoms with Crippen LogP contribution in [-0.4, -0.2) is 44.8 Å². The quantitative estimate of drug-likeness (QED) is 0.287. The highest BCUT2D eigenvalue weighted by Gasteiger charge is 2.41. The van der Waals surface area contributed by atoms with E-state index in [0.717, 1.165) is 95.9 Å². The minimum atomic E-state index is -1.31. The topological polar surface area (TPSA) is 113 Å². The number of nitrogens with zero attached hydrogens (tertiary/aromatic N) is 3. The Morgan fingerprint density at radius 2 is 1.73 bits per heavy atom. The van der Waals surface area contributed by atoms with Crippen LogP contribution in [0, 0.1) is 11.8 Å². The van der Waals surface area contributed by atoms with E-state index >= 15 is 0 Å². The smallest absolute Gasteiger partial charge is 0.305 e. The molecule has 1 aromatic carbocycles. The van der Waals surface area contributed by atoms with Gasteiger partial charge in [-0.25, -0.2) is 15.0 Å². The summed E-state index contributed by atoms with van der Waals surface area (Å²) in [5.41, 5.74) is 13.5. The van der Waals surface area contributed by atoms with Gasteiger partial charge in [0.05, 0.1) is 57.4 Å². The predicted octanol–water partition coefficient (Wildman–Crippen LogP) is 7.81. The highest BCUT2D eigenvalue weighted by molar-refractivity contribution is 7.86. The highest BCUT2D eigenvalue weighted by atomic mass is 32.2. The summed E-state index contributed by atoms with van der Waals surface area (Å²) in [5.74, 6) is 0.0432. The lowest BCUT2D eigenvalue weighted by Gasteiger charge is -2.17. The minimum absolute atomic E-state index is 0.0206. The molecular formula is C40H42N4O4S. The fraction of sp³-hybridized carbons (Fsp3) is 0.350. The van der Waals surface area contributed by atoms with Crippen molar-refractivity contribution in [3.8, 4) is 0 Å². The summed E-state index contributed by atoms with van der Waals surface area (Å²) in [6, 6.07) is 9.58. The number of nitrogens with one attached hydrogen (secondary N) is 1. The average Bonchev–Trinajstić information content (AvgIpc) is 3.85. The van der Waals surface area contributed by atoms with Crippen molar-refractivity contribution < 1.29 is 18.8 Å². The molecule has 0 saturated carbocycles. The van der Waals surface area contributed by atoms with Gasteiger partial charge in [0.1, 0.15) is 5.76 Å². The minimum Gasteiger partial charge on any atom is -0.511 e. The van der Waals surface area contributed by atoms with Gasteiger partial charge in [0, 0.05) is 52.1 Å². The number of esters is 1. The van der Waals surface area contributed by atoms with Crippen LogP contribution in [0.1, 0.15) is 67.2 Å².